The van der Waals surface area contributed by atoms with Gasteiger partial charge in [-0.3, -0.25) is 0 Å². The third-order valence-electron chi connectivity index (χ3n) is 3.55. The van der Waals surface area contributed by atoms with Crippen LogP contribution in [0.4, 0.5) is 0 Å². The lowest BCUT2D eigenvalue weighted by atomic mass is 10.0. The molecule has 108 valence electrons. The minimum absolute atomic E-state index is 0.650. The second kappa shape index (κ2) is 7.80. The number of rotatable bonds is 10. The van der Waals surface area contributed by atoms with E-state index in [2.05, 4.69) is 29.4 Å². The Labute approximate surface area is 120 Å². The van der Waals surface area contributed by atoms with E-state index in [9.17, 15) is 0 Å². The molecule has 4 nitrogen and oxygen atoms in total. The molecule has 1 aromatic rings. The summed E-state index contributed by atoms with van der Waals surface area (Å²) in [6, 6.07) is 0.715. The van der Waals surface area contributed by atoms with E-state index in [1.54, 1.807) is 11.3 Å². The third kappa shape index (κ3) is 5.45. The van der Waals surface area contributed by atoms with Crippen LogP contribution in [0.25, 0.3) is 0 Å². The highest BCUT2D eigenvalue weighted by atomic mass is 32.1. The van der Waals surface area contributed by atoms with E-state index in [4.69, 9.17) is 4.74 Å². The van der Waals surface area contributed by atoms with E-state index in [1.165, 1.54) is 38.5 Å². The lowest BCUT2D eigenvalue weighted by molar-refractivity contribution is 0.231. The number of aromatic nitrogens is 2. The molecule has 19 heavy (non-hydrogen) atoms. The average molecular weight is 283 g/mol. The molecule has 0 radical (unpaired) electrons. The first kappa shape index (κ1) is 14.7. The van der Waals surface area contributed by atoms with Crippen molar-refractivity contribution in [1.82, 2.24) is 15.5 Å². The monoisotopic (exact) mass is 283 g/mol. The molecular formula is C14H25N3OS. The number of unbranched alkanes of at least 4 members (excludes halogenated alkanes) is 1. The number of nitrogens with one attached hydrogen (secondary N) is 1. The summed E-state index contributed by atoms with van der Waals surface area (Å²) in [6.07, 6.45) is 7.58. The van der Waals surface area contributed by atoms with Gasteiger partial charge in [0.1, 0.15) is 5.01 Å². The van der Waals surface area contributed by atoms with Gasteiger partial charge in [0.25, 0.3) is 5.19 Å². The smallest absolute Gasteiger partial charge is 0.294 e. The van der Waals surface area contributed by atoms with E-state index >= 15 is 0 Å². The molecule has 1 N–H and O–H groups in total. The fraction of sp³-hybridized carbons (Fsp3) is 0.857. The van der Waals surface area contributed by atoms with Gasteiger partial charge < -0.3 is 10.1 Å². The van der Waals surface area contributed by atoms with Crippen LogP contribution in [0.15, 0.2) is 0 Å². The van der Waals surface area contributed by atoms with E-state index in [0.29, 0.717) is 12.0 Å². The van der Waals surface area contributed by atoms with Gasteiger partial charge in [-0.05, 0) is 25.2 Å². The number of hydrogen-bond acceptors (Lipinski definition) is 5. The molecule has 0 amide bonds. The molecule has 0 saturated heterocycles. The maximum absolute atomic E-state index is 5.78. The summed E-state index contributed by atoms with van der Waals surface area (Å²) >= 11 is 1.57. The van der Waals surface area contributed by atoms with Crippen LogP contribution in [0, 0.1) is 5.92 Å². The quantitative estimate of drug-likeness (QED) is 0.715. The van der Waals surface area contributed by atoms with Crippen molar-refractivity contribution in [2.24, 2.45) is 5.92 Å². The summed E-state index contributed by atoms with van der Waals surface area (Å²) < 4.78 is 5.78. The highest BCUT2D eigenvalue weighted by Gasteiger charge is 2.20. The molecule has 0 spiro atoms. The Kier molecular flexibility index (Phi) is 6.04. The molecule has 5 heteroatoms. The lowest BCUT2D eigenvalue weighted by Crippen LogP contribution is -2.14. The zero-order chi connectivity index (χ0) is 13.5. The van der Waals surface area contributed by atoms with Gasteiger partial charge in [0.15, 0.2) is 0 Å². The highest BCUT2D eigenvalue weighted by Crippen LogP contribution is 2.23. The van der Waals surface area contributed by atoms with Crippen molar-refractivity contribution in [3.8, 4) is 5.19 Å². The van der Waals surface area contributed by atoms with Crippen LogP contribution in [0.1, 0.15) is 57.4 Å². The molecular weight excluding hydrogens is 258 g/mol. The Morgan fingerprint density at radius 2 is 2.21 bits per heavy atom. The molecule has 1 unspecified atom stereocenters. The second-order valence-corrected chi connectivity index (χ2v) is 6.37. The summed E-state index contributed by atoms with van der Waals surface area (Å²) in [5.74, 6) is 0.650. The fourth-order valence-electron chi connectivity index (χ4n) is 1.97. The van der Waals surface area contributed by atoms with Crippen molar-refractivity contribution in [3.05, 3.63) is 5.01 Å². The molecule has 0 aromatic carbocycles. The Morgan fingerprint density at radius 3 is 2.89 bits per heavy atom. The van der Waals surface area contributed by atoms with Crippen molar-refractivity contribution in [1.29, 1.82) is 0 Å². The normalized spacial score (nSPS) is 16.5. The molecule has 1 aliphatic rings. The van der Waals surface area contributed by atoms with Gasteiger partial charge in [0, 0.05) is 6.04 Å². The molecule has 1 heterocycles. The van der Waals surface area contributed by atoms with Crippen molar-refractivity contribution in [2.75, 3.05) is 6.61 Å². The Bertz CT molecular complexity index is 365. The molecule has 0 bridgehead atoms. The van der Waals surface area contributed by atoms with Gasteiger partial charge in [-0.1, -0.05) is 44.4 Å². The number of ether oxygens (including phenoxy) is 1. The summed E-state index contributed by atoms with van der Waals surface area (Å²) in [5.41, 5.74) is 0. The summed E-state index contributed by atoms with van der Waals surface area (Å²) in [7, 11) is 0. The van der Waals surface area contributed by atoms with Crippen LogP contribution in [0.5, 0.6) is 5.19 Å². The zero-order valence-corrected chi connectivity index (χ0v) is 12.8. The second-order valence-electron chi connectivity index (χ2n) is 5.34. The third-order valence-corrected chi connectivity index (χ3v) is 4.39. The van der Waals surface area contributed by atoms with Crippen LogP contribution in [-0.2, 0) is 6.54 Å². The van der Waals surface area contributed by atoms with Crippen molar-refractivity contribution >= 4 is 11.3 Å². The SMILES string of the molecule is CCCCC(CC)COc1nnc(CNC2CC2)s1. The molecule has 2 rings (SSSR count). The first-order chi connectivity index (χ1) is 9.31. The van der Waals surface area contributed by atoms with E-state index in [0.717, 1.165) is 23.4 Å². The molecule has 1 aromatic heterocycles. The Hall–Kier alpha value is -0.680. The summed E-state index contributed by atoms with van der Waals surface area (Å²) in [4.78, 5) is 0. The maximum Gasteiger partial charge on any atom is 0.294 e. The van der Waals surface area contributed by atoms with Crippen LogP contribution in [-0.4, -0.2) is 22.8 Å². The lowest BCUT2D eigenvalue weighted by Gasteiger charge is -2.13. The number of nitrogens with zero attached hydrogens (tertiary/aromatic N) is 2. The maximum atomic E-state index is 5.78. The first-order valence-electron chi connectivity index (χ1n) is 7.50. The first-order valence-corrected chi connectivity index (χ1v) is 8.32. The minimum atomic E-state index is 0.650. The van der Waals surface area contributed by atoms with E-state index in [-0.39, 0.29) is 0 Å². The molecule has 1 fully saturated rings. The standard InChI is InChI=1S/C14H25N3OS/c1-3-5-6-11(4-2)10-18-14-17-16-13(19-14)9-15-12-7-8-12/h11-12,15H,3-10H2,1-2H3. The molecule has 1 saturated carbocycles. The Balaban J connectivity index is 1.68. The largest absolute Gasteiger partial charge is 0.469 e. The topological polar surface area (TPSA) is 47.0 Å². The van der Waals surface area contributed by atoms with Gasteiger partial charge in [-0.25, -0.2) is 0 Å². The van der Waals surface area contributed by atoms with E-state index < -0.39 is 0 Å². The summed E-state index contributed by atoms with van der Waals surface area (Å²) in [5, 5.41) is 13.5. The molecule has 1 atom stereocenters. The highest BCUT2D eigenvalue weighted by molar-refractivity contribution is 7.13. The van der Waals surface area contributed by atoms with Crippen LogP contribution >= 0.6 is 11.3 Å². The zero-order valence-electron chi connectivity index (χ0n) is 12.0. The van der Waals surface area contributed by atoms with Crippen molar-refractivity contribution in [2.45, 2.75) is 65.0 Å². The average Bonchev–Trinajstić information content (AvgIpc) is 3.15. The van der Waals surface area contributed by atoms with Crippen molar-refractivity contribution < 1.29 is 4.74 Å². The predicted molar refractivity (Wildman–Crippen MR) is 78.6 cm³/mol. The van der Waals surface area contributed by atoms with Gasteiger partial charge in [-0.2, -0.15) is 0 Å². The number of hydrogen-bond donors (Lipinski definition) is 1. The van der Waals surface area contributed by atoms with E-state index in [1.807, 2.05) is 0 Å². The van der Waals surface area contributed by atoms with Gasteiger partial charge in [-0.15, -0.1) is 10.2 Å². The summed E-state index contributed by atoms with van der Waals surface area (Å²) in [6.45, 7) is 6.08. The van der Waals surface area contributed by atoms with Crippen LogP contribution in [0.3, 0.4) is 0 Å². The molecule has 1 aliphatic carbocycles. The van der Waals surface area contributed by atoms with Gasteiger partial charge in [0.05, 0.1) is 13.2 Å². The molecule has 0 aliphatic heterocycles. The Morgan fingerprint density at radius 1 is 1.37 bits per heavy atom. The fourth-order valence-corrected chi connectivity index (χ4v) is 2.62. The van der Waals surface area contributed by atoms with Gasteiger partial charge in [0.2, 0.25) is 0 Å². The van der Waals surface area contributed by atoms with Crippen LogP contribution < -0.4 is 10.1 Å². The van der Waals surface area contributed by atoms with Gasteiger partial charge >= 0.3 is 0 Å². The minimum Gasteiger partial charge on any atom is -0.469 e. The predicted octanol–water partition coefficient (Wildman–Crippen LogP) is 3.39. The van der Waals surface area contributed by atoms with Crippen molar-refractivity contribution in [3.63, 3.8) is 0 Å². The van der Waals surface area contributed by atoms with Crippen LogP contribution in [0.2, 0.25) is 0 Å².